The maximum absolute atomic E-state index is 7.18. The van der Waals surface area contributed by atoms with Crippen molar-refractivity contribution in [2.24, 2.45) is 0 Å². The Hall–Kier alpha value is -8.54. The Morgan fingerprint density at radius 2 is 0.846 bits per heavy atom. The number of rotatable bonds is 3. The minimum atomic E-state index is -0.143. The third kappa shape index (κ3) is 4.81. The van der Waals surface area contributed by atoms with E-state index in [1.165, 1.54) is 32.5 Å². The maximum atomic E-state index is 7.18. The molecule has 2 aliphatic heterocycles. The van der Waals surface area contributed by atoms with Crippen molar-refractivity contribution in [2.45, 2.75) is 0 Å². The van der Waals surface area contributed by atoms with Gasteiger partial charge in [-0.1, -0.05) is 152 Å². The summed E-state index contributed by atoms with van der Waals surface area (Å²) in [5.41, 5.74) is 16.3. The van der Waals surface area contributed by atoms with Gasteiger partial charge in [0.2, 0.25) is 0 Å². The molecular weight excluding hydrogens is 791 g/mol. The average molecular weight is 827 g/mol. The van der Waals surface area contributed by atoms with Crippen LogP contribution in [0.1, 0.15) is 0 Å². The van der Waals surface area contributed by atoms with E-state index in [-0.39, 0.29) is 6.71 Å². The largest absolute Gasteiger partial charge is 0.455 e. The number of para-hydroxylation sites is 2. The summed E-state index contributed by atoms with van der Waals surface area (Å²) in [6, 6.07) is 77.3. The number of anilines is 6. The number of nitrogens with zero attached hydrogens (tertiary/aromatic N) is 2. The minimum Gasteiger partial charge on any atom is -0.455 e. The smallest absolute Gasteiger partial charge is 0.252 e. The van der Waals surface area contributed by atoms with Gasteiger partial charge < -0.3 is 18.6 Å². The Balaban J connectivity index is 1.12. The molecule has 0 atom stereocenters. The van der Waals surface area contributed by atoms with Crippen LogP contribution in [-0.2, 0) is 0 Å². The van der Waals surface area contributed by atoms with Crippen LogP contribution < -0.4 is 26.2 Å². The summed E-state index contributed by atoms with van der Waals surface area (Å²) in [4.78, 5) is 4.97. The zero-order valence-corrected chi connectivity index (χ0v) is 35.0. The fourth-order valence-electron chi connectivity index (χ4n) is 11.4. The number of hydrogen-bond donors (Lipinski definition) is 0. The van der Waals surface area contributed by atoms with Gasteiger partial charge in [-0.2, -0.15) is 0 Å². The molecule has 0 spiro atoms. The highest BCUT2D eigenvalue weighted by Crippen LogP contribution is 2.49. The minimum absolute atomic E-state index is 0.143. The van der Waals surface area contributed by atoms with Gasteiger partial charge in [0.05, 0.1) is 0 Å². The molecule has 4 nitrogen and oxygen atoms in total. The van der Waals surface area contributed by atoms with Gasteiger partial charge >= 0.3 is 0 Å². The zero-order valence-electron chi connectivity index (χ0n) is 35.0. The van der Waals surface area contributed by atoms with Crippen LogP contribution in [0.4, 0.5) is 34.1 Å². The number of benzene rings is 11. The lowest BCUT2D eigenvalue weighted by atomic mass is 9.33. The number of hydrogen-bond acceptors (Lipinski definition) is 4. The molecule has 15 rings (SSSR count). The van der Waals surface area contributed by atoms with E-state index in [9.17, 15) is 0 Å². The first-order valence-corrected chi connectivity index (χ1v) is 22.4. The van der Waals surface area contributed by atoms with Gasteiger partial charge in [-0.3, -0.25) is 0 Å². The van der Waals surface area contributed by atoms with E-state index in [0.717, 1.165) is 105 Å². The van der Waals surface area contributed by atoms with Crippen molar-refractivity contribution < 1.29 is 8.83 Å². The first kappa shape index (κ1) is 35.0. The lowest BCUT2D eigenvalue weighted by Crippen LogP contribution is -2.61. The van der Waals surface area contributed by atoms with Gasteiger partial charge in [0.15, 0.2) is 0 Å². The van der Waals surface area contributed by atoms with Crippen LogP contribution in [-0.4, -0.2) is 6.71 Å². The quantitative estimate of drug-likeness (QED) is 0.131. The lowest BCUT2D eigenvalue weighted by molar-refractivity contribution is 0.672. The monoisotopic (exact) mass is 826 g/mol. The molecule has 11 aromatic carbocycles. The summed E-state index contributed by atoms with van der Waals surface area (Å²) < 4.78 is 14.1. The fourth-order valence-corrected chi connectivity index (χ4v) is 11.4. The molecule has 4 heterocycles. The topological polar surface area (TPSA) is 32.8 Å². The average Bonchev–Trinajstić information content (AvgIpc) is 3.94. The Bertz CT molecular complexity index is 4140. The van der Waals surface area contributed by atoms with Gasteiger partial charge in [-0.15, -0.1) is 0 Å². The van der Waals surface area contributed by atoms with Crippen LogP contribution in [0.15, 0.2) is 221 Å². The normalized spacial score (nSPS) is 13.1. The van der Waals surface area contributed by atoms with Crippen molar-refractivity contribution >= 4 is 133 Å². The summed E-state index contributed by atoms with van der Waals surface area (Å²) in [6.07, 6.45) is 0. The highest BCUT2D eigenvalue weighted by Gasteiger charge is 2.44. The molecule has 13 aromatic rings. The molecular formula is C60H35BN2O2. The molecule has 0 saturated heterocycles. The standard InChI is InChI=1S/C60H35BN2O2/c1-4-16-36(17-5-1)38-30-53-58-54(31-38)63(40-21-8-3-9-22-40)52-35-56-47(46-29-28-37-18-10-11-23-41(37)59(46)64-56)32-49(52)61(58)50-34-55-48(33-51(50)62(53)39-19-6-2-7-20-39)57-44-26-14-12-24-42(44)43-25-13-15-27-45(43)60(57)65-55/h1-35H. The van der Waals surface area contributed by atoms with Crippen LogP contribution in [0.3, 0.4) is 0 Å². The molecule has 2 aliphatic rings. The predicted octanol–water partition coefficient (Wildman–Crippen LogP) is 14.7. The lowest BCUT2D eigenvalue weighted by Gasteiger charge is -2.44. The highest BCUT2D eigenvalue weighted by atomic mass is 16.3. The first-order chi connectivity index (χ1) is 32.2. The van der Waals surface area contributed by atoms with Gasteiger partial charge in [0.25, 0.3) is 6.71 Å². The second-order valence-electron chi connectivity index (χ2n) is 17.5. The molecule has 0 bridgehead atoms. The fraction of sp³-hybridized carbons (Fsp3) is 0. The molecule has 300 valence electrons. The van der Waals surface area contributed by atoms with Gasteiger partial charge in [0.1, 0.15) is 22.3 Å². The highest BCUT2D eigenvalue weighted by molar-refractivity contribution is 7.00. The van der Waals surface area contributed by atoms with Crippen LogP contribution >= 0.6 is 0 Å². The molecule has 2 aromatic heterocycles. The van der Waals surface area contributed by atoms with Gasteiger partial charge in [0, 0.05) is 72.5 Å². The molecule has 0 fully saturated rings. The van der Waals surface area contributed by atoms with Gasteiger partial charge in [-0.05, 0) is 104 Å². The molecule has 0 aliphatic carbocycles. The second-order valence-corrected chi connectivity index (χ2v) is 17.5. The molecule has 0 amide bonds. The SMILES string of the molecule is c1ccc(-c2cc3c4c(c2)N(c2ccccc2)c2cc5c(cc2B4c2cc4c(cc2N3c2ccccc2)oc2c3ccccc3ccc42)oc2c3ccccc3c3ccccc3c52)cc1. The Kier molecular flexibility index (Phi) is 7.00. The summed E-state index contributed by atoms with van der Waals surface area (Å²) in [7, 11) is 0. The summed E-state index contributed by atoms with van der Waals surface area (Å²) in [6.45, 7) is -0.143. The summed E-state index contributed by atoms with van der Waals surface area (Å²) in [5.74, 6) is 0. The first-order valence-electron chi connectivity index (χ1n) is 22.4. The molecule has 5 heteroatoms. The Labute approximate surface area is 373 Å². The third-order valence-corrected chi connectivity index (χ3v) is 14.2. The van der Waals surface area contributed by atoms with E-state index in [0.29, 0.717) is 0 Å². The van der Waals surface area contributed by atoms with Crippen molar-refractivity contribution in [1.29, 1.82) is 0 Å². The van der Waals surface area contributed by atoms with E-state index >= 15 is 0 Å². The van der Waals surface area contributed by atoms with E-state index in [1.54, 1.807) is 0 Å². The summed E-state index contributed by atoms with van der Waals surface area (Å²) in [5, 5.41) is 11.5. The van der Waals surface area contributed by atoms with Crippen molar-refractivity contribution in [3.8, 4) is 11.1 Å². The van der Waals surface area contributed by atoms with E-state index in [1.807, 2.05) is 0 Å². The van der Waals surface area contributed by atoms with E-state index in [4.69, 9.17) is 8.83 Å². The van der Waals surface area contributed by atoms with E-state index in [2.05, 4.69) is 222 Å². The van der Waals surface area contributed by atoms with Crippen molar-refractivity contribution in [1.82, 2.24) is 0 Å². The van der Waals surface area contributed by atoms with Crippen LogP contribution in [0.2, 0.25) is 0 Å². The van der Waals surface area contributed by atoms with Crippen molar-refractivity contribution in [2.75, 3.05) is 9.80 Å². The molecule has 65 heavy (non-hydrogen) atoms. The molecule has 0 unspecified atom stereocenters. The van der Waals surface area contributed by atoms with Crippen LogP contribution in [0.25, 0.3) is 87.3 Å². The molecule has 0 N–H and O–H groups in total. The second kappa shape index (κ2) is 13.0. The molecule has 0 saturated carbocycles. The Morgan fingerprint density at radius 3 is 1.55 bits per heavy atom. The van der Waals surface area contributed by atoms with Crippen LogP contribution in [0, 0.1) is 0 Å². The van der Waals surface area contributed by atoms with Crippen molar-refractivity contribution in [3.63, 3.8) is 0 Å². The zero-order chi connectivity index (χ0) is 42.3. The third-order valence-electron chi connectivity index (χ3n) is 14.2. The Morgan fingerprint density at radius 1 is 0.323 bits per heavy atom. The van der Waals surface area contributed by atoms with E-state index < -0.39 is 0 Å². The number of furan rings is 2. The van der Waals surface area contributed by atoms with Gasteiger partial charge in [-0.25, -0.2) is 0 Å². The van der Waals surface area contributed by atoms with Crippen molar-refractivity contribution in [3.05, 3.63) is 212 Å². The number of fused-ring (bicyclic) bond motifs is 17. The maximum Gasteiger partial charge on any atom is 0.252 e. The predicted molar refractivity (Wildman–Crippen MR) is 273 cm³/mol. The molecule has 0 radical (unpaired) electrons. The van der Waals surface area contributed by atoms with Crippen LogP contribution in [0.5, 0.6) is 0 Å². The summed E-state index contributed by atoms with van der Waals surface area (Å²) >= 11 is 0.